The van der Waals surface area contributed by atoms with Crippen LogP contribution in [0, 0.1) is 5.82 Å². The Hall–Kier alpha value is -3.11. The average Bonchev–Trinajstić information content (AvgIpc) is 3.12. The monoisotopic (exact) mass is 406 g/mol. The summed E-state index contributed by atoms with van der Waals surface area (Å²) >= 11 is 6.08. The molecule has 2 N–H and O–H groups in total. The van der Waals surface area contributed by atoms with E-state index in [-0.39, 0.29) is 11.7 Å². The molecule has 5 heteroatoms. The fourth-order valence-electron chi connectivity index (χ4n) is 3.41. The molecule has 0 saturated carbocycles. The lowest BCUT2D eigenvalue weighted by Crippen LogP contribution is -2.25. The lowest BCUT2D eigenvalue weighted by molar-refractivity contribution is 0.0954. The van der Waals surface area contributed by atoms with Crippen molar-refractivity contribution >= 4 is 28.4 Å². The van der Waals surface area contributed by atoms with E-state index in [4.69, 9.17) is 11.6 Å². The Kier molecular flexibility index (Phi) is 5.63. The van der Waals surface area contributed by atoms with E-state index in [1.165, 1.54) is 6.07 Å². The zero-order valence-electron chi connectivity index (χ0n) is 15.7. The van der Waals surface area contributed by atoms with Gasteiger partial charge in [0.25, 0.3) is 5.91 Å². The molecule has 1 heterocycles. The van der Waals surface area contributed by atoms with E-state index in [1.54, 1.807) is 24.3 Å². The van der Waals surface area contributed by atoms with Crippen LogP contribution in [-0.4, -0.2) is 17.4 Å². The van der Waals surface area contributed by atoms with Crippen molar-refractivity contribution in [2.75, 3.05) is 6.54 Å². The zero-order valence-corrected chi connectivity index (χ0v) is 16.5. The van der Waals surface area contributed by atoms with Crippen molar-refractivity contribution in [3.05, 3.63) is 106 Å². The number of hydrogen-bond donors (Lipinski definition) is 2. The third-order valence-electron chi connectivity index (χ3n) is 4.98. The maximum Gasteiger partial charge on any atom is 0.251 e. The molecular weight excluding hydrogens is 387 g/mol. The Morgan fingerprint density at radius 3 is 2.59 bits per heavy atom. The highest BCUT2D eigenvalue weighted by atomic mass is 35.5. The number of halogens is 2. The number of H-pyrrole nitrogens is 1. The summed E-state index contributed by atoms with van der Waals surface area (Å²) in [5, 5.41) is 4.71. The Labute approximate surface area is 173 Å². The number of aromatic amines is 1. The van der Waals surface area contributed by atoms with Gasteiger partial charge >= 0.3 is 0 Å². The van der Waals surface area contributed by atoms with Crippen LogP contribution in [0.25, 0.3) is 10.9 Å². The molecule has 0 unspecified atom stereocenters. The highest BCUT2D eigenvalue weighted by Crippen LogP contribution is 2.22. The molecule has 146 valence electrons. The van der Waals surface area contributed by atoms with Crippen molar-refractivity contribution in [3.63, 3.8) is 0 Å². The number of amides is 1. The molecule has 3 nitrogen and oxygen atoms in total. The quantitative estimate of drug-likeness (QED) is 0.435. The van der Waals surface area contributed by atoms with Crippen LogP contribution in [0.4, 0.5) is 4.39 Å². The third kappa shape index (κ3) is 4.49. The van der Waals surface area contributed by atoms with Crippen molar-refractivity contribution in [3.8, 4) is 0 Å². The largest absolute Gasteiger partial charge is 0.361 e. The first-order valence-electron chi connectivity index (χ1n) is 9.46. The van der Waals surface area contributed by atoms with Crippen molar-refractivity contribution in [2.24, 2.45) is 0 Å². The van der Waals surface area contributed by atoms with E-state index in [2.05, 4.69) is 10.3 Å². The molecule has 1 amide bonds. The molecule has 0 spiro atoms. The Balaban J connectivity index is 1.35. The van der Waals surface area contributed by atoms with Crippen LogP contribution in [0.5, 0.6) is 0 Å². The molecule has 4 rings (SSSR count). The number of carbonyl (C=O) groups is 1. The molecule has 0 aliphatic carbocycles. The molecular formula is C24H20ClFN2O. The number of carbonyl (C=O) groups excluding carboxylic acids is 1. The minimum Gasteiger partial charge on any atom is -0.361 e. The molecule has 3 aromatic carbocycles. The van der Waals surface area contributed by atoms with Gasteiger partial charge in [-0.05, 0) is 59.5 Å². The van der Waals surface area contributed by atoms with E-state index >= 15 is 0 Å². The minimum atomic E-state index is -0.215. The zero-order chi connectivity index (χ0) is 20.2. The molecule has 29 heavy (non-hydrogen) atoms. The number of fused-ring (bicyclic) bond motifs is 1. The number of nitrogens with one attached hydrogen (secondary N) is 2. The van der Waals surface area contributed by atoms with Gasteiger partial charge in [-0.15, -0.1) is 0 Å². The first-order valence-corrected chi connectivity index (χ1v) is 9.84. The summed E-state index contributed by atoms with van der Waals surface area (Å²) in [7, 11) is 0. The topological polar surface area (TPSA) is 44.9 Å². The van der Waals surface area contributed by atoms with Gasteiger partial charge in [-0.3, -0.25) is 4.79 Å². The predicted octanol–water partition coefficient (Wildman–Crippen LogP) is 5.52. The van der Waals surface area contributed by atoms with E-state index in [0.717, 1.165) is 22.0 Å². The summed E-state index contributed by atoms with van der Waals surface area (Å²) in [5.41, 5.74) is 4.33. The second kappa shape index (κ2) is 8.50. The number of benzene rings is 3. The van der Waals surface area contributed by atoms with Gasteiger partial charge in [0.1, 0.15) is 5.82 Å². The van der Waals surface area contributed by atoms with E-state index in [1.807, 2.05) is 42.6 Å². The van der Waals surface area contributed by atoms with Crippen LogP contribution in [0.15, 0.2) is 72.9 Å². The van der Waals surface area contributed by atoms with Crippen molar-refractivity contribution in [1.82, 2.24) is 10.3 Å². The normalized spacial score (nSPS) is 11.0. The van der Waals surface area contributed by atoms with Gasteiger partial charge < -0.3 is 10.3 Å². The van der Waals surface area contributed by atoms with E-state index in [9.17, 15) is 9.18 Å². The van der Waals surface area contributed by atoms with Crippen LogP contribution in [0.3, 0.4) is 0 Å². The molecule has 0 aliphatic heterocycles. The summed E-state index contributed by atoms with van der Waals surface area (Å²) in [5.74, 6) is -0.340. The lowest BCUT2D eigenvalue weighted by Gasteiger charge is -2.07. The highest BCUT2D eigenvalue weighted by Gasteiger charge is 2.08. The standard InChI is InChI=1S/C24H20ClFN2O/c25-20-9-10-23-21(14-20)19(15-28-23)11-12-27-24(29)17-7-5-16(6-8-17)13-18-3-1-2-4-22(18)26/h1-10,14-15,28H,11-13H2,(H,27,29). The maximum absolute atomic E-state index is 13.8. The molecule has 4 aromatic rings. The molecule has 0 saturated heterocycles. The fourth-order valence-corrected chi connectivity index (χ4v) is 3.58. The van der Waals surface area contributed by atoms with Gasteiger partial charge in [0.2, 0.25) is 0 Å². The van der Waals surface area contributed by atoms with E-state index < -0.39 is 0 Å². The molecule has 0 bridgehead atoms. The van der Waals surface area contributed by atoms with Gasteiger partial charge in [-0.1, -0.05) is 41.9 Å². The van der Waals surface area contributed by atoms with Crippen molar-refractivity contribution in [2.45, 2.75) is 12.8 Å². The molecule has 0 aliphatic rings. The molecule has 1 aromatic heterocycles. The predicted molar refractivity (Wildman–Crippen MR) is 115 cm³/mol. The van der Waals surface area contributed by atoms with Crippen LogP contribution in [-0.2, 0) is 12.8 Å². The number of hydrogen-bond acceptors (Lipinski definition) is 1. The molecule has 0 atom stereocenters. The maximum atomic E-state index is 13.8. The molecule has 0 radical (unpaired) electrons. The van der Waals surface area contributed by atoms with Gasteiger partial charge in [0, 0.05) is 40.7 Å². The summed E-state index contributed by atoms with van der Waals surface area (Å²) in [6.07, 6.45) is 3.15. The summed E-state index contributed by atoms with van der Waals surface area (Å²) in [4.78, 5) is 15.6. The second-order valence-corrected chi connectivity index (χ2v) is 7.41. The summed E-state index contributed by atoms with van der Waals surface area (Å²) < 4.78 is 13.8. The number of rotatable bonds is 6. The highest BCUT2D eigenvalue weighted by molar-refractivity contribution is 6.31. The smallest absolute Gasteiger partial charge is 0.251 e. The second-order valence-electron chi connectivity index (χ2n) is 6.97. The number of aromatic nitrogens is 1. The van der Waals surface area contributed by atoms with Crippen molar-refractivity contribution in [1.29, 1.82) is 0 Å². The summed E-state index contributed by atoms with van der Waals surface area (Å²) in [6.45, 7) is 0.523. The van der Waals surface area contributed by atoms with Gasteiger partial charge in [-0.25, -0.2) is 4.39 Å². The lowest BCUT2D eigenvalue weighted by atomic mass is 10.0. The third-order valence-corrected chi connectivity index (χ3v) is 5.21. The van der Waals surface area contributed by atoms with Crippen molar-refractivity contribution < 1.29 is 9.18 Å². The van der Waals surface area contributed by atoms with Crippen LogP contribution in [0.2, 0.25) is 5.02 Å². The van der Waals surface area contributed by atoms with Crippen LogP contribution in [0.1, 0.15) is 27.0 Å². The Morgan fingerprint density at radius 2 is 1.79 bits per heavy atom. The Bertz CT molecular complexity index is 1150. The van der Waals surface area contributed by atoms with Crippen LogP contribution >= 0.6 is 11.6 Å². The summed E-state index contributed by atoms with van der Waals surface area (Å²) in [6, 6.07) is 19.7. The van der Waals surface area contributed by atoms with E-state index in [0.29, 0.717) is 35.5 Å². The SMILES string of the molecule is O=C(NCCc1c[nH]c2ccc(Cl)cc12)c1ccc(Cc2ccccc2F)cc1. The van der Waals surface area contributed by atoms with Gasteiger partial charge in [-0.2, -0.15) is 0 Å². The Morgan fingerprint density at radius 1 is 1.00 bits per heavy atom. The molecule has 0 fully saturated rings. The van der Waals surface area contributed by atoms with Crippen LogP contribution < -0.4 is 5.32 Å². The average molecular weight is 407 g/mol. The first-order chi connectivity index (χ1) is 14.1. The fraction of sp³-hybridized carbons (Fsp3) is 0.125. The van der Waals surface area contributed by atoms with Gasteiger partial charge in [0.15, 0.2) is 0 Å². The van der Waals surface area contributed by atoms with Gasteiger partial charge in [0.05, 0.1) is 0 Å². The minimum absolute atomic E-state index is 0.125. The first kappa shape index (κ1) is 19.2.